The van der Waals surface area contributed by atoms with E-state index in [4.69, 9.17) is 13.6 Å². The molecule has 1 N–H and O–H groups in total. The molecule has 0 aliphatic heterocycles. The zero-order chi connectivity index (χ0) is 18.6. The monoisotopic (exact) mass is 360 g/mol. The third-order valence-electron chi connectivity index (χ3n) is 3.93. The van der Waals surface area contributed by atoms with Crippen molar-refractivity contribution in [2.24, 2.45) is 0 Å². The van der Waals surface area contributed by atoms with Gasteiger partial charge in [0.15, 0.2) is 5.58 Å². The molecule has 0 bridgehead atoms. The maximum Gasteiger partial charge on any atom is 0.248 e. The molecular formula is C21H16N2O4. The van der Waals surface area contributed by atoms with Gasteiger partial charge < -0.3 is 18.9 Å². The van der Waals surface area contributed by atoms with E-state index in [0.29, 0.717) is 28.4 Å². The quantitative estimate of drug-likeness (QED) is 0.520. The van der Waals surface area contributed by atoms with E-state index in [1.165, 1.54) is 6.08 Å². The number of aromatic nitrogens is 1. The standard InChI is InChI=1S/C21H16N2O4/c1-25-16-7-4-14(5-8-16)21-23-18-13-15(6-10-19(18)27-21)22-20(24)11-9-17-3-2-12-26-17/h2-13H,1H3,(H,22,24). The molecule has 0 saturated heterocycles. The molecule has 4 rings (SSSR count). The van der Waals surface area contributed by atoms with Gasteiger partial charge in [0.2, 0.25) is 11.8 Å². The second-order valence-electron chi connectivity index (χ2n) is 5.77. The lowest BCUT2D eigenvalue weighted by Crippen LogP contribution is -2.07. The van der Waals surface area contributed by atoms with Gasteiger partial charge in [-0.2, -0.15) is 0 Å². The largest absolute Gasteiger partial charge is 0.497 e. The summed E-state index contributed by atoms with van der Waals surface area (Å²) in [6, 6.07) is 16.3. The van der Waals surface area contributed by atoms with E-state index in [2.05, 4.69) is 10.3 Å². The summed E-state index contributed by atoms with van der Waals surface area (Å²) in [4.78, 5) is 16.5. The first-order chi connectivity index (χ1) is 13.2. The number of carbonyl (C=O) groups is 1. The Balaban J connectivity index is 1.52. The van der Waals surface area contributed by atoms with Gasteiger partial charge in [0, 0.05) is 17.3 Å². The van der Waals surface area contributed by atoms with Crippen molar-refractivity contribution in [3.8, 4) is 17.2 Å². The highest BCUT2D eigenvalue weighted by atomic mass is 16.5. The molecule has 1 amide bonds. The lowest BCUT2D eigenvalue weighted by atomic mass is 10.2. The number of hydrogen-bond donors (Lipinski definition) is 1. The van der Waals surface area contributed by atoms with Gasteiger partial charge in [-0.1, -0.05) is 0 Å². The maximum atomic E-state index is 12.0. The predicted molar refractivity (Wildman–Crippen MR) is 102 cm³/mol. The minimum atomic E-state index is -0.260. The highest BCUT2D eigenvalue weighted by molar-refractivity contribution is 6.02. The number of carbonyl (C=O) groups excluding carboxylic acids is 1. The molecule has 0 spiro atoms. The number of fused-ring (bicyclic) bond motifs is 1. The number of furan rings is 1. The van der Waals surface area contributed by atoms with Crippen LogP contribution < -0.4 is 10.1 Å². The van der Waals surface area contributed by atoms with Crippen molar-refractivity contribution >= 4 is 28.8 Å². The van der Waals surface area contributed by atoms with Gasteiger partial charge in [0.1, 0.15) is 17.0 Å². The van der Waals surface area contributed by atoms with Crippen molar-refractivity contribution in [3.63, 3.8) is 0 Å². The van der Waals surface area contributed by atoms with Crippen LogP contribution in [0.25, 0.3) is 28.6 Å². The van der Waals surface area contributed by atoms with Crippen molar-refractivity contribution in [2.45, 2.75) is 0 Å². The number of amides is 1. The van der Waals surface area contributed by atoms with Crippen LogP contribution in [0.3, 0.4) is 0 Å². The van der Waals surface area contributed by atoms with Crippen molar-refractivity contribution < 1.29 is 18.4 Å². The van der Waals surface area contributed by atoms with Crippen LogP contribution >= 0.6 is 0 Å². The lowest BCUT2D eigenvalue weighted by Gasteiger charge is -2.00. The molecule has 4 aromatic rings. The molecule has 0 fully saturated rings. The van der Waals surface area contributed by atoms with Crippen LogP contribution in [-0.4, -0.2) is 18.0 Å². The first-order valence-corrected chi connectivity index (χ1v) is 8.29. The molecule has 0 atom stereocenters. The Morgan fingerprint density at radius 1 is 1.15 bits per heavy atom. The fourth-order valence-corrected chi connectivity index (χ4v) is 2.59. The maximum absolute atomic E-state index is 12.0. The van der Waals surface area contributed by atoms with Crippen LogP contribution in [0.4, 0.5) is 5.69 Å². The molecule has 0 aliphatic carbocycles. The number of rotatable bonds is 5. The number of methoxy groups -OCH3 is 1. The third kappa shape index (κ3) is 3.74. The summed E-state index contributed by atoms with van der Waals surface area (Å²) in [5, 5.41) is 2.79. The normalized spacial score (nSPS) is 11.1. The number of nitrogens with zero attached hydrogens (tertiary/aromatic N) is 1. The van der Waals surface area contributed by atoms with Crippen molar-refractivity contribution in [2.75, 3.05) is 12.4 Å². The molecule has 2 heterocycles. The zero-order valence-electron chi connectivity index (χ0n) is 14.5. The number of nitrogens with one attached hydrogen (secondary N) is 1. The van der Waals surface area contributed by atoms with Crippen LogP contribution in [-0.2, 0) is 4.79 Å². The molecule has 6 heteroatoms. The predicted octanol–water partition coefficient (Wildman–Crippen LogP) is 4.75. The molecule has 134 valence electrons. The van der Waals surface area contributed by atoms with Gasteiger partial charge in [0.25, 0.3) is 0 Å². The number of ether oxygens (including phenoxy) is 1. The van der Waals surface area contributed by atoms with Crippen LogP contribution in [0, 0.1) is 0 Å². The molecular weight excluding hydrogens is 344 g/mol. The third-order valence-corrected chi connectivity index (χ3v) is 3.93. The summed E-state index contributed by atoms with van der Waals surface area (Å²) in [5.74, 6) is 1.63. The minimum Gasteiger partial charge on any atom is -0.497 e. The molecule has 27 heavy (non-hydrogen) atoms. The van der Waals surface area contributed by atoms with E-state index in [1.807, 2.05) is 24.3 Å². The summed E-state index contributed by atoms with van der Waals surface area (Å²) < 4.78 is 16.1. The van der Waals surface area contributed by atoms with E-state index < -0.39 is 0 Å². The summed E-state index contributed by atoms with van der Waals surface area (Å²) >= 11 is 0. The van der Waals surface area contributed by atoms with Crippen molar-refractivity contribution in [1.82, 2.24) is 4.98 Å². The molecule has 6 nitrogen and oxygen atoms in total. The van der Waals surface area contributed by atoms with E-state index in [1.54, 1.807) is 49.8 Å². The minimum absolute atomic E-state index is 0.260. The van der Waals surface area contributed by atoms with Gasteiger partial charge in [-0.25, -0.2) is 4.98 Å². The van der Waals surface area contributed by atoms with Crippen LogP contribution in [0.1, 0.15) is 5.76 Å². The second kappa shape index (κ2) is 7.21. The van der Waals surface area contributed by atoms with E-state index in [0.717, 1.165) is 11.3 Å². The fraction of sp³-hybridized carbons (Fsp3) is 0.0476. The first kappa shape index (κ1) is 16.7. The van der Waals surface area contributed by atoms with Gasteiger partial charge in [-0.3, -0.25) is 4.79 Å². The van der Waals surface area contributed by atoms with E-state index >= 15 is 0 Å². The highest BCUT2D eigenvalue weighted by Crippen LogP contribution is 2.27. The van der Waals surface area contributed by atoms with E-state index in [9.17, 15) is 4.79 Å². The molecule has 0 radical (unpaired) electrons. The first-order valence-electron chi connectivity index (χ1n) is 8.29. The topological polar surface area (TPSA) is 77.5 Å². The summed E-state index contributed by atoms with van der Waals surface area (Å²) in [7, 11) is 1.62. The van der Waals surface area contributed by atoms with E-state index in [-0.39, 0.29) is 5.91 Å². The van der Waals surface area contributed by atoms with Crippen LogP contribution in [0.15, 0.2) is 75.8 Å². The Morgan fingerprint density at radius 2 is 2.00 bits per heavy atom. The van der Waals surface area contributed by atoms with Gasteiger partial charge in [-0.05, 0) is 60.7 Å². The Labute approximate surface area is 155 Å². The Morgan fingerprint density at radius 3 is 2.74 bits per heavy atom. The van der Waals surface area contributed by atoms with Crippen molar-refractivity contribution in [3.05, 3.63) is 72.7 Å². The number of benzene rings is 2. The van der Waals surface area contributed by atoms with Gasteiger partial charge >= 0.3 is 0 Å². The van der Waals surface area contributed by atoms with Crippen LogP contribution in [0.5, 0.6) is 5.75 Å². The Kier molecular flexibility index (Phi) is 4.45. The van der Waals surface area contributed by atoms with Crippen molar-refractivity contribution in [1.29, 1.82) is 0 Å². The van der Waals surface area contributed by atoms with Crippen LogP contribution in [0.2, 0.25) is 0 Å². The van der Waals surface area contributed by atoms with Gasteiger partial charge in [-0.15, -0.1) is 0 Å². The highest BCUT2D eigenvalue weighted by Gasteiger charge is 2.10. The smallest absolute Gasteiger partial charge is 0.248 e. The molecule has 2 aromatic heterocycles. The average molecular weight is 360 g/mol. The Hall–Kier alpha value is -3.80. The molecule has 0 aliphatic rings. The summed E-state index contributed by atoms with van der Waals surface area (Å²) in [6.07, 6.45) is 4.57. The SMILES string of the molecule is COc1ccc(-c2nc3cc(NC(=O)C=Cc4ccco4)ccc3o2)cc1. The second-order valence-corrected chi connectivity index (χ2v) is 5.77. The average Bonchev–Trinajstić information content (AvgIpc) is 3.36. The molecule has 2 aromatic carbocycles. The number of oxazole rings is 1. The zero-order valence-corrected chi connectivity index (χ0v) is 14.5. The fourth-order valence-electron chi connectivity index (χ4n) is 2.59. The number of anilines is 1. The Bertz CT molecular complexity index is 1090. The lowest BCUT2D eigenvalue weighted by molar-refractivity contribution is -0.111. The summed E-state index contributed by atoms with van der Waals surface area (Å²) in [6.45, 7) is 0. The molecule has 0 unspecified atom stereocenters. The number of hydrogen-bond acceptors (Lipinski definition) is 5. The van der Waals surface area contributed by atoms with Gasteiger partial charge in [0.05, 0.1) is 13.4 Å². The summed E-state index contributed by atoms with van der Waals surface area (Å²) in [5.41, 5.74) is 2.78. The molecule has 0 saturated carbocycles.